The predicted octanol–water partition coefficient (Wildman–Crippen LogP) is 3.71. The third-order valence-corrected chi connectivity index (χ3v) is 4.00. The zero-order valence-corrected chi connectivity index (χ0v) is 16.3. The molecule has 150 valence electrons. The standard InChI is InChI=1S/C22H24FN5O/c1-2-24-22(27-14-11-19-5-3-4-12-25-19)28-16-17-10-13-26-21(15-17)29-20-8-6-18(23)7-9-20/h3-10,12-13,15H,2,11,14,16H2,1H3,(H2,24,27,28). The average Bonchev–Trinajstić information content (AvgIpc) is 2.75. The Hall–Kier alpha value is -3.48. The van der Waals surface area contributed by atoms with Crippen molar-refractivity contribution >= 4 is 5.96 Å². The van der Waals surface area contributed by atoms with Crippen LogP contribution in [0.25, 0.3) is 0 Å². The molecule has 0 atom stereocenters. The molecule has 0 unspecified atom stereocenters. The Balaban J connectivity index is 1.57. The molecule has 0 amide bonds. The van der Waals surface area contributed by atoms with Crippen molar-refractivity contribution in [2.45, 2.75) is 19.9 Å². The molecule has 2 heterocycles. The Labute approximate surface area is 169 Å². The predicted molar refractivity (Wildman–Crippen MR) is 111 cm³/mol. The quantitative estimate of drug-likeness (QED) is 0.451. The molecular formula is C22H24FN5O. The molecule has 7 heteroatoms. The number of guanidine groups is 1. The SMILES string of the molecule is CCNC(=NCc1ccnc(Oc2ccc(F)cc2)c1)NCCc1ccccn1. The highest BCUT2D eigenvalue weighted by Crippen LogP contribution is 2.20. The Morgan fingerprint density at radius 2 is 1.90 bits per heavy atom. The number of pyridine rings is 2. The first-order valence-electron chi connectivity index (χ1n) is 9.53. The molecule has 0 aliphatic carbocycles. The Morgan fingerprint density at radius 3 is 2.66 bits per heavy atom. The average molecular weight is 393 g/mol. The highest BCUT2D eigenvalue weighted by atomic mass is 19.1. The Morgan fingerprint density at radius 1 is 1.03 bits per heavy atom. The topological polar surface area (TPSA) is 71.4 Å². The number of nitrogens with one attached hydrogen (secondary N) is 2. The molecule has 0 radical (unpaired) electrons. The van der Waals surface area contributed by atoms with Gasteiger partial charge in [-0.05, 0) is 55.0 Å². The fourth-order valence-corrected chi connectivity index (χ4v) is 2.60. The van der Waals surface area contributed by atoms with Crippen molar-refractivity contribution in [2.75, 3.05) is 13.1 Å². The van der Waals surface area contributed by atoms with E-state index >= 15 is 0 Å². The van der Waals surface area contributed by atoms with Gasteiger partial charge in [0.1, 0.15) is 11.6 Å². The number of hydrogen-bond acceptors (Lipinski definition) is 4. The van der Waals surface area contributed by atoms with Gasteiger partial charge < -0.3 is 15.4 Å². The maximum atomic E-state index is 13.0. The van der Waals surface area contributed by atoms with E-state index in [1.165, 1.54) is 12.1 Å². The zero-order chi connectivity index (χ0) is 20.3. The molecule has 1 aromatic carbocycles. The zero-order valence-electron chi connectivity index (χ0n) is 16.3. The summed E-state index contributed by atoms with van der Waals surface area (Å²) < 4.78 is 18.7. The van der Waals surface area contributed by atoms with Crippen LogP contribution in [0, 0.1) is 5.82 Å². The molecule has 0 bridgehead atoms. The molecule has 3 rings (SSSR count). The van der Waals surface area contributed by atoms with Crippen LogP contribution in [0.15, 0.2) is 72.0 Å². The molecule has 6 nitrogen and oxygen atoms in total. The lowest BCUT2D eigenvalue weighted by atomic mass is 10.2. The summed E-state index contributed by atoms with van der Waals surface area (Å²) in [5, 5.41) is 6.55. The van der Waals surface area contributed by atoms with Crippen molar-refractivity contribution in [1.82, 2.24) is 20.6 Å². The van der Waals surface area contributed by atoms with Crippen molar-refractivity contribution in [3.8, 4) is 11.6 Å². The molecule has 0 spiro atoms. The Bertz CT molecular complexity index is 916. The number of rotatable bonds is 8. The van der Waals surface area contributed by atoms with Crippen LogP contribution in [0.2, 0.25) is 0 Å². The summed E-state index contributed by atoms with van der Waals surface area (Å²) >= 11 is 0. The summed E-state index contributed by atoms with van der Waals surface area (Å²) in [4.78, 5) is 13.1. The van der Waals surface area contributed by atoms with E-state index in [9.17, 15) is 4.39 Å². The van der Waals surface area contributed by atoms with E-state index in [0.717, 1.165) is 36.7 Å². The van der Waals surface area contributed by atoms with Gasteiger partial charge >= 0.3 is 0 Å². The molecule has 0 fully saturated rings. The molecule has 3 aromatic rings. The lowest BCUT2D eigenvalue weighted by molar-refractivity contribution is 0.460. The van der Waals surface area contributed by atoms with Gasteiger partial charge in [0.15, 0.2) is 5.96 Å². The second kappa shape index (κ2) is 10.8. The number of ether oxygens (including phenoxy) is 1. The second-order valence-corrected chi connectivity index (χ2v) is 6.25. The van der Waals surface area contributed by atoms with E-state index in [2.05, 4.69) is 25.6 Å². The largest absolute Gasteiger partial charge is 0.439 e. The number of benzene rings is 1. The van der Waals surface area contributed by atoms with Crippen molar-refractivity contribution in [3.63, 3.8) is 0 Å². The molecule has 0 aliphatic heterocycles. The summed E-state index contributed by atoms with van der Waals surface area (Å²) in [7, 11) is 0. The van der Waals surface area contributed by atoms with Crippen LogP contribution in [-0.2, 0) is 13.0 Å². The molecule has 2 N–H and O–H groups in total. The lowest BCUT2D eigenvalue weighted by Crippen LogP contribution is -2.38. The van der Waals surface area contributed by atoms with Gasteiger partial charge in [0.25, 0.3) is 0 Å². The van der Waals surface area contributed by atoms with Gasteiger partial charge in [-0.15, -0.1) is 0 Å². The van der Waals surface area contributed by atoms with Crippen molar-refractivity contribution in [2.24, 2.45) is 4.99 Å². The van der Waals surface area contributed by atoms with Crippen LogP contribution in [0.1, 0.15) is 18.2 Å². The van der Waals surface area contributed by atoms with Crippen molar-refractivity contribution < 1.29 is 9.13 Å². The van der Waals surface area contributed by atoms with Crippen molar-refractivity contribution in [1.29, 1.82) is 0 Å². The number of hydrogen-bond donors (Lipinski definition) is 2. The third-order valence-electron chi connectivity index (χ3n) is 4.00. The van der Waals surface area contributed by atoms with E-state index < -0.39 is 0 Å². The molecule has 2 aromatic heterocycles. The molecule has 0 aliphatic rings. The van der Waals surface area contributed by atoms with Crippen LogP contribution in [0.3, 0.4) is 0 Å². The number of aliphatic imine (C=N–C) groups is 1. The molecule has 0 saturated heterocycles. The maximum absolute atomic E-state index is 13.0. The van der Waals surface area contributed by atoms with E-state index in [-0.39, 0.29) is 5.82 Å². The second-order valence-electron chi connectivity index (χ2n) is 6.25. The van der Waals surface area contributed by atoms with Crippen LogP contribution >= 0.6 is 0 Å². The molecule has 29 heavy (non-hydrogen) atoms. The number of halogens is 1. The summed E-state index contributed by atoms with van der Waals surface area (Å²) in [5.41, 5.74) is 1.99. The first kappa shape index (κ1) is 20.3. The highest BCUT2D eigenvalue weighted by molar-refractivity contribution is 5.79. The monoisotopic (exact) mass is 393 g/mol. The number of nitrogens with zero attached hydrogens (tertiary/aromatic N) is 3. The van der Waals surface area contributed by atoms with E-state index in [0.29, 0.717) is 18.2 Å². The van der Waals surface area contributed by atoms with Gasteiger partial charge in [0.05, 0.1) is 6.54 Å². The van der Waals surface area contributed by atoms with Gasteiger partial charge in [-0.3, -0.25) is 4.98 Å². The maximum Gasteiger partial charge on any atom is 0.219 e. The summed E-state index contributed by atoms with van der Waals surface area (Å²) in [6, 6.07) is 15.4. The Kier molecular flexibility index (Phi) is 7.51. The van der Waals surface area contributed by atoms with Gasteiger partial charge in [-0.25, -0.2) is 14.4 Å². The van der Waals surface area contributed by atoms with E-state index in [4.69, 9.17) is 4.74 Å². The van der Waals surface area contributed by atoms with Crippen molar-refractivity contribution in [3.05, 3.63) is 84.1 Å². The normalized spacial score (nSPS) is 11.2. The molecular weight excluding hydrogens is 369 g/mol. The first-order chi connectivity index (χ1) is 14.2. The smallest absolute Gasteiger partial charge is 0.219 e. The fraction of sp³-hybridized carbons (Fsp3) is 0.227. The van der Waals surface area contributed by atoms with Crippen LogP contribution < -0.4 is 15.4 Å². The van der Waals surface area contributed by atoms with Gasteiger partial charge in [0.2, 0.25) is 5.88 Å². The number of aromatic nitrogens is 2. The van der Waals surface area contributed by atoms with Gasteiger partial charge in [-0.1, -0.05) is 6.07 Å². The van der Waals surface area contributed by atoms with E-state index in [1.54, 1.807) is 24.5 Å². The van der Waals surface area contributed by atoms with Crippen LogP contribution in [0.4, 0.5) is 4.39 Å². The van der Waals surface area contributed by atoms with E-state index in [1.807, 2.05) is 37.3 Å². The first-order valence-corrected chi connectivity index (χ1v) is 9.53. The van der Waals surface area contributed by atoms with Gasteiger partial charge in [0, 0.05) is 43.7 Å². The fourth-order valence-electron chi connectivity index (χ4n) is 2.60. The summed E-state index contributed by atoms with van der Waals surface area (Å²) in [5.74, 6) is 1.41. The molecule has 0 saturated carbocycles. The minimum Gasteiger partial charge on any atom is -0.439 e. The minimum atomic E-state index is -0.306. The highest BCUT2D eigenvalue weighted by Gasteiger charge is 2.03. The minimum absolute atomic E-state index is 0.306. The third kappa shape index (κ3) is 6.88. The van der Waals surface area contributed by atoms with Gasteiger partial charge in [-0.2, -0.15) is 0 Å². The summed E-state index contributed by atoms with van der Waals surface area (Å²) in [6.45, 7) is 4.00. The lowest BCUT2D eigenvalue weighted by Gasteiger charge is -2.11. The summed E-state index contributed by atoms with van der Waals surface area (Å²) in [6.07, 6.45) is 4.28. The van der Waals surface area contributed by atoms with Crippen LogP contribution in [0.5, 0.6) is 11.6 Å². The van der Waals surface area contributed by atoms with Crippen LogP contribution in [-0.4, -0.2) is 29.0 Å².